The van der Waals surface area contributed by atoms with Crippen molar-refractivity contribution in [2.24, 2.45) is 5.73 Å². The maximum absolute atomic E-state index is 12.9. The molecule has 20 heavy (non-hydrogen) atoms. The number of H-pyrrole nitrogens is 1. The van der Waals surface area contributed by atoms with Gasteiger partial charge in [0.25, 0.3) is 0 Å². The number of aromatic amines is 1. The molecule has 0 aliphatic heterocycles. The van der Waals surface area contributed by atoms with Gasteiger partial charge in [-0.2, -0.15) is 0 Å². The van der Waals surface area contributed by atoms with Crippen LogP contribution >= 0.6 is 0 Å². The van der Waals surface area contributed by atoms with E-state index in [-0.39, 0.29) is 11.9 Å². The predicted molar refractivity (Wildman–Crippen MR) is 77.9 cm³/mol. The van der Waals surface area contributed by atoms with E-state index in [1.807, 2.05) is 25.1 Å². The lowest BCUT2D eigenvalue weighted by atomic mass is 10.1. The third-order valence-corrected chi connectivity index (χ3v) is 3.37. The summed E-state index contributed by atoms with van der Waals surface area (Å²) in [5.74, 6) is 0.647. The molecule has 1 unspecified atom stereocenters. The van der Waals surface area contributed by atoms with Crippen molar-refractivity contribution in [3.05, 3.63) is 65.2 Å². The minimum atomic E-state index is -0.222. The van der Waals surface area contributed by atoms with Crippen LogP contribution in [0.15, 0.2) is 42.5 Å². The highest BCUT2D eigenvalue weighted by Crippen LogP contribution is 2.18. The van der Waals surface area contributed by atoms with Gasteiger partial charge in [-0.3, -0.25) is 0 Å². The van der Waals surface area contributed by atoms with E-state index < -0.39 is 0 Å². The second-order valence-corrected chi connectivity index (χ2v) is 5.05. The molecule has 0 bridgehead atoms. The quantitative estimate of drug-likeness (QED) is 0.766. The van der Waals surface area contributed by atoms with Crippen molar-refractivity contribution >= 4 is 11.0 Å². The number of nitrogens with one attached hydrogen (secondary N) is 1. The maximum Gasteiger partial charge on any atom is 0.123 e. The van der Waals surface area contributed by atoms with Gasteiger partial charge in [0.15, 0.2) is 0 Å². The fourth-order valence-corrected chi connectivity index (χ4v) is 2.24. The first-order chi connectivity index (χ1) is 9.61. The van der Waals surface area contributed by atoms with Gasteiger partial charge in [-0.1, -0.05) is 18.2 Å². The van der Waals surface area contributed by atoms with Gasteiger partial charge in [-0.25, -0.2) is 9.37 Å². The van der Waals surface area contributed by atoms with Gasteiger partial charge in [0.2, 0.25) is 0 Å². The van der Waals surface area contributed by atoms with Gasteiger partial charge in [0.05, 0.1) is 11.0 Å². The molecule has 0 radical (unpaired) electrons. The fourth-order valence-electron chi connectivity index (χ4n) is 2.24. The van der Waals surface area contributed by atoms with Gasteiger partial charge < -0.3 is 10.7 Å². The van der Waals surface area contributed by atoms with Crippen LogP contribution in [-0.4, -0.2) is 9.97 Å². The molecule has 0 amide bonds. The van der Waals surface area contributed by atoms with Crippen LogP contribution in [0.1, 0.15) is 29.9 Å². The normalized spacial score (nSPS) is 12.8. The fraction of sp³-hybridized carbons (Fsp3) is 0.188. The third kappa shape index (κ3) is 2.56. The topological polar surface area (TPSA) is 54.7 Å². The van der Waals surface area contributed by atoms with Crippen LogP contribution in [-0.2, 0) is 6.42 Å². The Morgan fingerprint density at radius 3 is 2.65 bits per heavy atom. The number of hydrogen-bond donors (Lipinski definition) is 2. The Labute approximate surface area is 116 Å². The number of benzene rings is 2. The van der Waals surface area contributed by atoms with Crippen molar-refractivity contribution < 1.29 is 4.39 Å². The largest absolute Gasteiger partial charge is 0.342 e. The Balaban J connectivity index is 1.90. The van der Waals surface area contributed by atoms with E-state index in [0.29, 0.717) is 6.42 Å². The van der Waals surface area contributed by atoms with E-state index in [0.717, 1.165) is 28.0 Å². The summed E-state index contributed by atoms with van der Waals surface area (Å²) in [6, 6.07) is 12.5. The van der Waals surface area contributed by atoms with Gasteiger partial charge >= 0.3 is 0 Å². The number of rotatable bonds is 3. The number of nitrogens with zero attached hydrogens (tertiary/aromatic N) is 1. The van der Waals surface area contributed by atoms with Gasteiger partial charge in [0, 0.05) is 12.5 Å². The van der Waals surface area contributed by atoms with Gasteiger partial charge in [-0.15, -0.1) is 0 Å². The Bertz CT molecular complexity index is 729. The minimum absolute atomic E-state index is 0.00301. The van der Waals surface area contributed by atoms with Crippen LogP contribution in [0, 0.1) is 5.82 Å². The van der Waals surface area contributed by atoms with Crippen molar-refractivity contribution in [3.8, 4) is 0 Å². The zero-order chi connectivity index (χ0) is 14.1. The summed E-state index contributed by atoms with van der Waals surface area (Å²) in [6.07, 6.45) is 0.655. The van der Waals surface area contributed by atoms with E-state index >= 15 is 0 Å². The van der Waals surface area contributed by atoms with E-state index in [4.69, 9.17) is 5.73 Å². The van der Waals surface area contributed by atoms with E-state index in [2.05, 4.69) is 9.97 Å². The SMILES string of the molecule is CC(N)c1ccc2nc(Cc3ccc(F)cc3)[nH]c2c1. The Morgan fingerprint density at radius 2 is 1.95 bits per heavy atom. The summed E-state index contributed by atoms with van der Waals surface area (Å²) >= 11 is 0. The average molecular weight is 269 g/mol. The highest BCUT2D eigenvalue weighted by Gasteiger charge is 2.06. The minimum Gasteiger partial charge on any atom is -0.342 e. The molecule has 0 saturated carbocycles. The summed E-state index contributed by atoms with van der Waals surface area (Å²) in [5.41, 5.74) is 9.89. The van der Waals surface area contributed by atoms with Gasteiger partial charge in [-0.05, 0) is 42.3 Å². The number of fused-ring (bicyclic) bond motifs is 1. The first-order valence-electron chi connectivity index (χ1n) is 6.60. The molecule has 3 nitrogen and oxygen atoms in total. The molecule has 1 atom stereocenters. The summed E-state index contributed by atoms with van der Waals surface area (Å²) in [6.45, 7) is 1.96. The highest BCUT2D eigenvalue weighted by molar-refractivity contribution is 5.76. The Morgan fingerprint density at radius 1 is 1.20 bits per heavy atom. The lowest BCUT2D eigenvalue weighted by Gasteiger charge is -2.03. The molecule has 0 aliphatic carbocycles. The molecule has 3 rings (SSSR count). The lowest BCUT2D eigenvalue weighted by molar-refractivity contribution is 0.627. The molecule has 102 valence electrons. The average Bonchev–Trinajstić information content (AvgIpc) is 2.82. The zero-order valence-electron chi connectivity index (χ0n) is 11.2. The second-order valence-electron chi connectivity index (χ2n) is 5.05. The van der Waals surface area contributed by atoms with E-state index in [1.54, 1.807) is 12.1 Å². The van der Waals surface area contributed by atoms with Crippen LogP contribution in [0.4, 0.5) is 4.39 Å². The first kappa shape index (κ1) is 12.8. The molecule has 3 aromatic rings. The second kappa shape index (κ2) is 5.06. The number of halogens is 1. The molecule has 1 heterocycles. The summed E-state index contributed by atoms with van der Waals surface area (Å²) in [7, 11) is 0. The first-order valence-corrected chi connectivity index (χ1v) is 6.60. The number of aromatic nitrogens is 2. The summed E-state index contributed by atoms with van der Waals surface area (Å²) in [5, 5.41) is 0. The van der Waals surface area contributed by atoms with Crippen molar-refractivity contribution in [3.63, 3.8) is 0 Å². The van der Waals surface area contributed by atoms with E-state index in [9.17, 15) is 4.39 Å². The molecule has 0 fully saturated rings. The third-order valence-electron chi connectivity index (χ3n) is 3.37. The summed E-state index contributed by atoms with van der Waals surface area (Å²) in [4.78, 5) is 7.83. The maximum atomic E-state index is 12.9. The zero-order valence-corrected chi connectivity index (χ0v) is 11.2. The standard InChI is InChI=1S/C16H16FN3/c1-10(18)12-4-7-14-15(9-12)20-16(19-14)8-11-2-5-13(17)6-3-11/h2-7,9-10H,8,18H2,1H3,(H,19,20). The van der Waals surface area contributed by atoms with Crippen molar-refractivity contribution in [1.82, 2.24) is 9.97 Å². The number of hydrogen-bond acceptors (Lipinski definition) is 2. The number of imidazole rings is 1. The van der Waals surface area contributed by atoms with Crippen molar-refractivity contribution in [2.45, 2.75) is 19.4 Å². The molecular formula is C16H16FN3. The lowest BCUT2D eigenvalue weighted by Crippen LogP contribution is -2.04. The van der Waals surface area contributed by atoms with Crippen molar-refractivity contribution in [1.29, 1.82) is 0 Å². The van der Waals surface area contributed by atoms with Crippen LogP contribution in [0.25, 0.3) is 11.0 Å². The predicted octanol–water partition coefficient (Wildman–Crippen LogP) is 3.31. The molecular weight excluding hydrogens is 253 g/mol. The molecule has 3 N–H and O–H groups in total. The van der Waals surface area contributed by atoms with E-state index in [1.165, 1.54) is 12.1 Å². The molecule has 4 heteroatoms. The highest BCUT2D eigenvalue weighted by atomic mass is 19.1. The summed E-state index contributed by atoms with van der Waals surface area (Å²) < 4.78 is 12.9. The molecule has 1 aromatic heterocycles. The molecule has 2 aromatic carbocycles. The molecule has 0 spiro atoms. The monoisotopic (exact) mass is 269 g/mol. The van der Waals surface area contributed by atoms with Crippen LogP contribution in [0.2, 0.25) is 0 Å². The van der Waals surface area contributed by atoms with Crippen LogP contribution < -0.4 is 5.73 Å². The van der Waals surface area contributed by atoms with Gasteiger partial charge in [0.1, 0.15) is 11.6 Å². The smallest absolute Gasteiger partial charge is 0.123 e. The Hall–Kier alpha value is -2.20. The Kier molecular flexibility index (Phi) is 3.24. The molecule has 0 aliphatic rings. The van der Waals surface area contributed by atoms with Crippen LogP contribution in [0.3, 0.4) is 0 Å². The van der Waals surface area contributed by atoms with Crippen LogP contribution in [0.5, 0.6) is 0 Å². The van der Waals surface area contributed by atoms with Crippen molar-refractivity contribution in [2.75, 3.05) is 0 Å². The molecule has 0 saturated heterocycles. The number of nitrogens with two attached hydrogens (primary N) is 1.